The molecule has 5 atom stereocenters. The summed E-state index contributed by atoms with van der Waals surface area (Å²) in [7, 11) is -1.17. The van der Waals surface area contributed by atoms with Gasteiger partial charge in [0.15, 0.2) is 11.5 Å². The molecule has 3 N–H and O–H groups in total. The number of carbonyl (C=O) groups is 5. The van der Waals surface area contributed by atoms with E-state index in [2.05, 4.69) is 15.4 Å². The van der Waals surface area contributed by atoms with Gasteiger partial charge < -0.3 is 44.1 Å². The second kappa shape index (κ2) is 17.7. The van der Waals surface area contributed by atoms with E-state index in [0.717, 1.165) is 28.3 Å². The highest BCUT2D eigenvalue weighted by atomic mass is 32.2. The van der Waals surface area contributed by atoms with Crippen molar-refractivity contribution in [3.8, 4) is 11.5 Å². The number of rotatable bonds is 7. The van der Waals surface area contributed by atoms with Crippen molar-refractivity contribution in [2.75, 3.05) is 53.6 Å². The lowest BCUT2D eigenvalue weighted by atomic mass is 9.99. The summed E-state index contributed by atoms with van der Waals surface area (Å²) in [6.45, 7) is 6.01. The molecule has 5 aliphatic rings. The zero-order valence-corrected chi connectivity index (χ0v) is 34.7. The molecule has 0 unspecified atom stereocenters. The molecule has 320 valence electrons. The number of benzene rings is 1. The quantitative estimate of drug-likeness (QED) is 0.338. The Morgan fingerprint density at radius 1 is 0.983 bits per heavy atom. The predicted molar refractivity (Wildman–Crippen MR) is 208 cm³/mol. The first-order valence-corrected chi connectivity index (χ1v) is 21.4. The number of ether oxygens (including phenoxy) is 5. The number of alkyl carbamates (subject to hydrolysis) is 1. The summed E-state index contributed by atoms with van der Waals surface area (Å²) in [5.74, 6) is -1.60. The van der Waals surface area contributed by atoms with Crippen LogP contribution in [0.5, 0.6) is 11.5 Å². The van der Waals surface area contributed by atoms with E-state index in [0.29, 0.717) is 37.3 Å². The van der Waals surface area contributed by atoms with Gasteiger partial charge in [0.1, 0.15) is 29.3 Å². The third kappa shape index (κ3) is 9.97. The van der Waals surface area contributed by atoms with Crippen molar-refractivity contribution in [3.63, 3.8) is 0 Å². The minimum absolute atomic E-state index is 0.0654. The zero-order chi connectivity index (χ0) is 41.8. The van der Waals surface area contributed by atoms with Crippen molar-refractivity contribution >= 4 is 40.1 Å². The lowest BCUT2D eigenvalue weighted by molar-refractivity contribution is -0.141. The first-order chi connectivity index (χ1) is 27.5. The SMILES string of the molecule is COc1cc2c(cc1OC)CN(C(=O)O[C@@H]1C[C@H]3C(=O)N[C@]4(C(=O)NS(=O)(=O)N5CCOCC5)C[C@H]4C=CCCCCC[C@H](NC(=O)OC(C)(C)C)C(=O)N3C1)CC2. The molecule has 1 aromatic rings. The maximum Gasteiger partial charge on any atom is 0.410 e. The van der Waals surface area contributed by atoms with Gasteiger partial charge in [-0.3, -0.25) is 14.4 Å². The van der Waals surface area contributed by atoms with Crippen molar-refractivity contribution in [2.24, 2.45) is 5.92 Å². The summed E-state index contributed by atoms with van der Waals surface area (Å²) in [6.07, 6.45) is 4.87. The fourth-order valence-electron chi connectivity index (χ4n) is 7.93. The van der Waals surface area contributed by atoms with Crippen molar-refractivity contribution < 1.29 is 56.1 Å². The molecule has 3 fully saturated rings. The monoisotopic (exact) mass is 832 g/mol. The van der Waals surface area contributed by atoms with Crippen molar-refractivity contribution in [1.29, 1.82) is 0 Å². The Kier molecular flexibility index (Phi) is 13.1. The number of carbonyl (C=O) groups excluding carboxylic acids is 5. The fourth-order valence-corrected chi connectivity index (χ4v) is 9.11. The van der Waals surface area contributed by atoms with Crippen LogP contribution < -0.4 is 24.8 Å². The van der Waals surface area contributed by atoms with Crippen LogP contribution in [0.4, 0.5) is 9.59 Å². The molecule has 1 aliphatic carbocycles. The molecule has 0 spiro atoms. The maximum atomic E-state index is 14.5. The summed E-state index contributed by atoms with van der Waals surface area (Å²) in [6, 6.07) is 1.40. The number of nitrogens with zero attached hydrogens (tertiary/aromatic N) is 3. The van der Waals surface area contributed by atoms with Gasteiger partial charge in [0.05, 0.1) is 34.0 Å². The Hall–Kier alpha value is -4.62. The maximum absolute atomic E-state index is 14.5. The van der Waals surface area contributed by atoms with Crippen LogP contribution in [-0.2, 0) is 51.8 Å². The lowest BCUT2D eigenvalue weighted by Crippen LogP contribution is -2.59. The van der Waals surface area contributed by atoms with Crippen molar-refractivity contribution in [3.05, 3.63) is 35.4 Å². The number of methoxy groups -OCH3 is 2. The first kappa shape index (κ1) is 43.0. The van der Waals surface area contributed by atoms with Gasteiger partial charge in [-0.25, -0.2) is 14.3 Å². The van der Waals surface area contributed by atoms with E-state index in [-0.39, 0.29) is 58.7 Å². The Balaban J connectivity index is 1.25. The molecule has 4 aliphatic heterocycles. The number of amides is 5. The van der Waals surface area contributed by atoms with Gasteiger partial charge in [0, 0.05) is 38.5 Å². The smallest absolute Gasteiger partial charge is 0.410 e. The Morgan fingerprint density at radius 2 is 1.69 bits per heavy atom. The number of allylic oxidation sites excluding steroid dienone is 1. The average Bonchev–Trinajstić information content (AvgIpc) is 3.71. The summed E-state index contributed by atoms with van der Waals surface area (Å²) >= 11 is 0. The van der Waals surface area contributed by atoms with Crippen LogP contribution in [0.3, 0.4) is 0 Å². The fraction of sp³-hybridized carbons (Fsp3) is 0.667. The standard InChI is InChI=1S/C39H56N6O12S/c1-38(2,3)57-36(49)40-29-12-10-8-6-7-9-11-27-22-39(27,35(48)42-58(51,52)44-15-17-55-18-16-44)41-33(46)30-21-28(24-45(30)34(29)47)56-37(50)43-14-13-25-19-31(53-4)32(54-5)20-26(25)23-43/h9,11,19-20,27-30H,6-8,10,12-18,21-24H2,1-5H3,(H,40,49)(H,41,46)(H,42,48)/t27-,28-,29+,30+,39-/m1/s1. The molecule has 5 amide bonds. The summed E-state index contributed by atoms with van der Waals surface area (Å²) < 4.78 is 57.5. The Bertz CT molecular complexity index is 1880. The summed E-state index contributed by atoms with van der Waals surface area (Å²) in [4.78, 5) is 72.3. The molecule has 1 aromatic carbocycles. The highest BCUT2D eigenvalue weighted by Crippen LogP contribution is 2.46. The van der Waals surface area contributed by atoms with E-state index in [1.807, 2.05) is 24.3 Å². The normalized spacial score (nSPS) is 27.1. The molecule has 2 saturated heterocycles. The topological polar surface area (TPSA) is 211 Å². The third-order valence-electron chi connectivity index (χ3n) is 11.1. The van der Waals surface area contributed by atoms with Gasteiger partial charge in [-0.2, -0.15) is 12.7 Å². The zero-order valence-electron chi connectivity index (χ0n) is 33.9. The molecule has 0 bridgehead atoms. The molecule has 6 rings (SSSR count). The second-order valence-corrected chi connectivity index (χ2v) is 18.0. The predicted octanol–water partition coefficient (Wildman–Crippen LogP) is 2.15. The van der Waals surface area contributed by atoms with E-state index >= 15 is 0 Å². The molecular formula is C39H56N6O12S. The van der Waals surface area contributed by atoms with Gasteiger partial charge in [-0.1, -0.05) is 25.0 Å². The number of nitrogens with one attached hydrogen (secondary N) is 3. The molecule has 4 heterocycles. The first-order valence-electron chi connectivity index (χ1n) is 19.9. The summed E-state index contributed by atoms with van der Waals surface area (Å²) in [5.41, 5.74) is -0.595. The van der Waals surface area contributed by atoms with E-state index in [1.54, 1.807) is 27.9 Å². The van der Waals surface area contributed by atoms with Crippen LogP contribution in [0.2, 0.25) is 0 Å². The van der Waals surface area contributed by atoms with E-state index < -0.39 is 75.4 Å². The molecule has 18 nitrogen and oxygen atoms in total. The highest BCUT2D eigenvalue weighted by molar-refractivity contribution is 7.87. The van der Waals surface area contributed by atoms with Crippen LogP contribution >= 0.6 is 0 Å². The highest BCUT2D eigenvalue weighted by Gasteiger charge is 2.62. The minimum Gasteiger partial charge on any atom is -0.493 e. The van der Waals surface area contributed by atoms with Gasteiger partial charge in [-0.05, 0) is 76.1 Å². The van der Waals surface area contributed by atoms with Crippen molar-refractivity contribution in [1.82, 2.24) is 29.5 Å². The van der Waals surface area contributed by atoms with Gasteiger partial charge in [-0.15, -0.1) is 0 Å². The average molecular weight is 833 g/mol. The van der Waals surface area contributed by atoms with Crippen LogP contribution in [0.1, 0.15) is 76.8 Å². The van der Waals surface area contributed by atoms with Crippen molar-refractivity contribution in [2.45, 2.75) is 108 Å². The second-order valence-electron chi connectivity index (χ2n) is 16.4. The summed E-state index contributed by atoms with van der Waals surface area (Å²) in [5, 5.41) is 5.52. The lowest BCUT2D eigenvalue weighted by Gasteiger charge is -2.31. The third-order valence-corrected chi connectivity index (χ3v) is 12.6. The molecule has 0 radical (unpaired) electrons. The minimum atomic E-state index is -4.26. The van der Waals surface area contributed by atoms with Crippen LogP contribution in [0.15, 0.2) is 24.3 Å². The van der Waals surface area contributed by atoms with Crippen LogP contribution in [0.25, 0.3) is 0 Å². The van der Waals surface area contributed by atoms with Crippen LogP contribution in [0, 0.1) is 5.92 Å². The van der Waals surface area contributed by atoms with Gasteiger partial charge in [0.2, 0.25) is 11.8 Å². The van der Waals surface area contributed by atoms with E-state index in [9.17, 15) is 32.4 Å². The number of morpholine rings is 1. The van der Waals surface area contributed by atoms with E-state index in [4.69, 9.17) is 23.7 Å². The number of hydrogen-bond acceptors (Lipinski definition) is 12. The Labute approximate surface area is 339 Å². The number of fused-ring (bicyclic) bond motifs is 3. The Morgan fingerprint density at radius 3 is 2.38 bits per heavy atom. The van der Waals surface area contributed by atoms with Crippen LogP contribution in [-0.4, -0.2) is 135 Å². The largest absolute Gasteiger partial charge is 0.493 e. The molecular weight excluding hydrogens is 777 g/mol. The van der Waals surface area contributed by atoms with Gasteiger partial charge in [0.25, 0.3) is 5.91 Å². The van der Waals surface area contributed by atoms with Gasteiger partial charge >= 0.3 is 22.4 Å². The molecule has 1 saturated carbocycles. The number of hydrogen-bond donors (Lipinski definition) is 3. The van der Waals surface area contributed by atoms with E-state index in [1.165, 1.54) is 16.9 Å². The molecule has 19 heteroatoms. The molecule has 0 aromatic heterocycles. The molecule has 58 heavy (non-hydrogen) atoms.